The van der Waals surface area contributed by atoms with Crippen LogP contribution in [0.25, 0.3) is 6.08 Å². The molecular formula is C21H16N2O. The van der Waals surface area contributed by atoms with Crippen LogP contribution in [0.4, 0.5) is 0 Å². The van der Waals surface area contributed by atoms with Crippen molar-refractivity contribution in [3.05, 3.63) is 108 Å². The predicted octanol–water partition coefficient (Wildman–Crippen LogP) is 4.54. The molecular weight excluding hydrogens is 296 g/mol. The Balaban J connectivity index is 0.000000219. The second kappa shape index (κ2) is 9.50. The average molecular weight is 312 g/mol. The first-order chi connectivity index (χ1) is 11.8. The summed E-state index contributed by atoms with van der Waals surface area (Å²) in [6, 6.07) is 24.4. The lowest BCUT2D eigenvalue weighted by atomic mass is 10.1. The second-order valence-electron chi connectivity index (χ2n) is 4.82. The van der Waals surface area contributed by atoms with Gasteiger partial charge in [-0.05, 0) is 23.8 Å². The molecule has 3 aromatic rings. The smallest absolute Gasteiger partial charge is 0.185 e. The van der Waals surface area contributed by atoms with Crippen LogP contribution in [0.2, 0.25) is 0 Å². The third-order valence-corrected chi connectivity index (χ3v) is 3.09. The quantitative estimate of drug-likeness (QED) is 0.527. The standard InChI is InChI=1S/C15H12O.C6H4N2/c16-15(14-9-5-2-6-10-14)12-11-13-7-3-1-4-8-13;7-5-6-1-3-8-4-2-6/h1-12H;1-4H/b12-11+;. The number of hydrogen-bond acceptors (Lipinski definition) is 3. The third-order valence-electron chi connectivity index (χ3n) is 3.09. The van der Waals surface area contributed by atoms with E-state index in [1.165, 1.54) is 0 Å². The molecule has 1 aromatic heterocycles. The van der Waals surface area contributed by atoms with Crippen molar-refractivity contribution in [1.82, 2.24) is 4.98 Å². The van der Waals surface area contributed by atoms with E-state index in [-0.39, 0.29) is 5.78 Å². The lowest BCUT2D eigenvalue weighted by Crippen LogP contribution is -1.92. The molecule has 3 nitrogen and oxygen atoms in total. The summed E-state index contributed by atoms with van der Waals surface area (Å²) in [7, 11) is 0. The van der Waals surface area contributed by atoms with Crippen molar-refractivity contribution in [2.75, 3.05) is 0 Å². The highest BCUT2D eigenvalue weighted by Crippen LogP contribution is 2.05. The number of aromatic nitrogens is 1. The zero-order valence-electron chi connectivity index (χ0n) is 13.0. The fourth-order valence-electron chi connectivity index (χ4n) is 1.86. The van der Waals surface area contributed by atoms with E-state index < -0.39 is 0 Å². The van der Waals surface area contributed by atoms with Gasteiger partial charge in [-0.15, -0.1) is 0 Å². The molecule has 116 valence electrons. The van der Waals surface area contributed by atoms with Crippen molar-refractivity contribution in [2.24, 2.45) is 0 Å². The summed E-state index contributed by atoms with van der Waals surface area (Å²) in [5, 5.41) is 8.26. The SMILES string of the molecule is N#Cc1ccncc1.O=C(/C=C/c1ccccc1)c1ccccc1. The number of carbonyl (C=O) groups is 1. The van der Waals surface area contributed by atoms with E-state index in [0.29, 0.717) is 5.56 Å². The second-order valence-corrected chi connectivity index (χ2v) is 4.82. The number of benzene rings is 2. The van der Waals surface area contributed by atoms with Gasteiger partial charge in [0.05, 0.1) is 11.6 Å². The van der Waals surface area contributed by atoms with Crippen molar-refractivity contribution in [3.63, 3.8) is 0 Å². The Kier molecular flexibility index (Phi) is 6.67. The minimum absolute atomic E-state index is 0.0319. The van der Waals surface area contributed by atoms with Gasteiger partial charge in [0.2, 0.25) is 0 Å². The van der Waals surface area contributed by atoms with E-state index in [0.717, 1.165) is 11.1 Å². The Morgan fingerprint density at radius 1 is 0.875 bits per heavy atom. The van der Waals surface area contributed by atoms with Crippen molar-refractivity contribution < 1.29 is 4.79 Å². The van der Waals surface area contributed by atoms with E-state index in [1.807, 2.05) is 72.8 Å². The van der Waals surface area contributed by atoms with E-state index in [1.54, 1.807) is 30.6 Å². The number of pyridine rings is 1. The average Bonchev–Trinajstić information content (AvgIpc) is 2.69. The van der Waals surface area contributed by atoms with Gasteiger partial charge in [-0.25, -0.2) is 0 Å². The highest BCUT2D eigenvalue weighted by molar-refractivity contribution is 6.06. The van der Waals surface area contributed by atoms with E-state index in [4.69, 9.17) is 5.26 Å². The van der Waals surface area contributed by atoms with Gasteiger partial charge in [0.1, 0.15) is 0 Å². The van der Waals surface area contributed by atoms with Crippen LogP contribution < -0.4 is 0 Å². The van der Waals surface area contributed by atoms with Gasteiger partial charge in [-0.1, -0.05) is 66.7 Å². The summed E-state index contributed by atoms with van der Waals surface area (Å²) in [6.07, 6.45) is 6.62. The number of hydrogen-bond donors (Lipinski definition) is 0. The predicted molar refractivity (Wildman–Crippen MR) is 95.2 cm³/mol. The van der Waals surface area contributed by atoms with Crippen molar-refractivity contribution in [3.8, 4) is 6.07 Å². The van der Waals surface area contributed by atoms with Gasteiger partial charge >= 0.3 is 0 Å². The number of nitriles is 1. The summed E-state index contributed by atoms with van der Waals surface area (Å²) in [5.74, 6) is 0.0319. The lowest BCUT2D eigenvalue weighted by molar-refractivity contribution is 0.104. The molecule has 0 aliphatic carbocycles. The summed E-state index contributed by atoms with van der Waals surface area (Å²) in [5.41, 5.74) is 2.40. The fourth-order valence-corrected chi connectivity index (χ4v) is 1.86. The maximum absolute atomic E-state index is 11.7. The van der Waals surface area contributed by atoms with E-state index >= 15 is 0 Å². The molecule has 0 aliphatic rings. The first-order valence-electron chi connectivity index (χ1n) is 7.42. The lowest BCUT2D eigenvalue weighted by Gasteiger charge is -1.94. The monoisotopic (exact) mass is 312 g/mol. The minimum Gasteiger partial charge on any atom is -0.289 e. The summed E-state index contributed by atoms with van der Waals surface area (Å²) in [4.78, 5) is 15.5. The van der Waals surface area contributed by atoms with E-state index in [9.17, 15) is 4.79 Å². The van der Waals surface area contributed by atoms with Crippen LogP contribution in [0.15, 0.2) is 91.3 Å². The van der Waals surface area contributed by atoms with Gasteiger partial charge in [0.25, 0.3) is 0 Å². The molecule has 0 unspecified atom stereocenters. The minimum atomic E-state index is 0.0319. The Morgan fingerprint density at radius 3 is 2.00 bits per heavy atom. The van der Waals surface area contributed by atoms with E-state index in [2.05, 4.69) is 4.98 Å². The third kappa shape index (κ3) is 5.70. The highest BCUT2D eigenvalue weighted by Gasteiger charge is 1.98. The molecule has 0 atom stereocenters. The maximum atomic E-state index is 11.7. The summed E-state index contributed by atoms with van der Waals surface area (Å²) in [6.45, 7) is 0. The molecule has 1 heterocycles. The van der Waals surface area contributed by atoms with Gasteiger partial charge in [0.15, 0.2) is 5.78 Å². The molecule has 3 rings (SSSR count). The Morgan fingerprint density at radius 2 is 1.46 bits per heavy atom. The molecule has 0 saturated heterocycles. The zero-order chi connectivity index (χ0) is 17.0. The van der Waals surface area contributed by atoms with Crippen LogP contribution in [0.5, 0.6) is 0 Å². The van der Waals surface area contributed by atoms with Crippen molar-refractivity contribution in [1.29, 1.82) is 5.26 Å². The number of allylic oxidation sites excluding steroid dienone is 1. The van der Waals surface area contributed by atoms with Crippen LogP contribution in [0, 0.1) is 11.3 Å². The van der Waals surface area contributed by atoms with Gasteiger partial charge in [0, 0.05) is 18.0 Å². The van der Waals surface area contributed by atoms with Gasteiger partial charge in [-0.3, -0.25) is 9.78 Å². The summed E-state index contributed by atoms with van der Waals surface area (Å²) >= 11 is 0. The number of rotatable bonds is 3. The van der Waals surface area contributed by atoms with Crippen LogP contribution in [0.1, 0.15) is 21.5 Å². The first kappa shape index (κ1) is 16.9. The number of carbonyl (C=O) groups excluding carboxylic acids is 1. The molecule has 24 heavy (non-hydrogen) atoms. The molecule has 0 amide bonds. The number of nitrogens with zero attached hydrogens (tertiary/aromatic N) is 2. The molecule has 0 N–H and O–H groups in total. The van der Waals surface area contributed by atoms with Crippen LogP contribution in [-0.2, 0) is 0 Å². The van der Waals surface area contributed by atoms with Crippen molar-refractivity contribution in [2.45, 2.75) is 0 Å². The molecule has 0 saturated carbocycles. The largest absolute Gasteiger partial charge is 0.289 e. The maximum Gasteiger partial charge on any atom is 0.185 e. The topological polar surface area (TPSA) is 53.8 Å². The molecule has 0 fully saturated rings. The van der Waals surface area contributed by atoms with Crippen LogP contribution in [0.3, 0.4) is 0 Å². The highest BCUT2D eigenvalue weighted by atomic mass is 16.1. The number of ketones is 1. The Labute approximate surface area is 141 Å². The van der Waals surface area contributed by atoms with Crippen molar-refractivity contribution >= 4 is 11.9 Å². The first-order valence-corrected chi connectivity index (χ1v) is 7.42. The van der Waals surface area contributed by atoms with Crippen LogP contribution in [-0.4, -0.2) is 10.8 Å². The Hall–Kier alpha value is -3.51. The molecule has 2 aromatic carbocycles. The van der Waals surface area contributed by atoms with Gasteiger partial charge in [-0.2, -0.15) is 5.26 Å². The van der Waals surface area contributed by atoms with Crippen LogP contribution >= 0.6 is 0 Å². The van der Waals surface area contributed by atoms with Gasteiger partial charge < -0.3 is 0 Å². The molecule has 0 bridgehead atoms. The zero-order valence-corrected chi connectivity index (χ0v) is 13.0. The molecule has 0 radical (unpaired) electrons. The normalized spacial score (nSPS) is 9.62. The molecule has 0 spiro atoms. The Bertz CT molecular complexity index is 820. The summed E-state index contributed by atoms with van der Waals surface area (Å²) < 4.78 is 0. The molecule has 0 aliphatic heterocycles. The fraction of sp³-hybridized carbons (Fsp3) is 0. The molecule has 3 heteroatoms.